The maximum atomic E-state index is 11.9. The number of rotatable bonds is 4. The van der Waals surface area contributed by atoms with Crippen LogP contribution in [0.15, 0.2) is 51.7 Å². The lowest BCUT2D eigenvalue weighted by Gasteiger charge is -2.02. The van der Waals surface area contributed by atoms with Gasteiger partial charge in [0.25, 0.3) is 5.91 Å². The van der Waals surface area contributed by atoms with Crippen molar-refractivity contribution in [3.05, 3.63) is 58.6 Å². The van der Waals surface area contributed by atoms with Crippen molar-refractivity contribution in [2.24, 2.45) is 7.05 Å². The van der Waals surface area contributed by atoms with Gasteiger partial charge in [0.2, 0.25) is 0 Å². The van der Waals surface area contributed by atoms with Crippen molar-refractivity contribution in [2.45, 2.75) is 6.42 Å². The zero-order valence-corrected chi connectivity index (χ0v) is 13.2. The number of hydrogen-bond acceptors (Lipinski definition) is 2. The lowest BCUT2D eigenvalue weighted by molar-refractivity contribution is 0.0925. The van der Waals surface area contributed by atoms with E-state index in [1.165, 1.54) is 16.5 Å². The lowest BCUT2D eigenvalue weighted by atomic mass is 10.1. The molecular weight excluding hydrogens is 332 g/mol. The smallest absolute Gasteiger partial charge is 0.287 e. The molecule has 0 saturated carbocycles. The highest BCUT2D eigenvalue weighted by atomic mass is 79.9. The first kappa shape index (κ1) is 13.9. The van der Waals surface area contributed by atoms with Crippen molar-refractivity contribution < 1.29 is 9.21 Å². The number of nitrogens with one attached hydrogen (secondary N) is 1. The first-order chi connectivity index (χ1) is 10.1. The average Bonchev–Trinajstić information content (AvgIpc) is 3.04. The molecule has 2 aromatic heterocycles. The van der Waals surface area contributed by atoms with Crippen molar-refractivity contribution in [1.29, 1.82) is 0 Å². The minimum Gasteiger partial charge on any atom is -0.444 e. The van der Waals surface area contributed by atoms with Crippen LogP contribution in [0.1, 0.15) is 16.1 Å². The Labute approximate surface area is 130 Å². The van der Waals surface area contributed by atoms with Crippen molar-refractivity contribution in [3.63, 3.8) is 0 Å². The molecule has 1 amide bonds. The second-order valence-electron chi connectivity index (χ2n) is 4.89. The van der Waals surface area contributed by atoms with Gasteiger partial charge in [-0.2, -0.15) is 0 Å². The summed E-state index contributed by atoms with van der Waals surface area (Å²) in [6.45, 7) is 0.575. The van der Waals surface area contributed by atoms with E-state index in [1.807, 2.05) is 19.2 Å². The molecule has 21 heavy (non-hydrogen) atoms. The number of aromatic nitrogens is 1. The summed E-state index contributed by atoms with van der Waals surface area (Å²) in [5, 5.41) is 4.10. The summed E-state index contributed by atoms with van der Waals surface area (Å²) in [5.41, 5.74) is 2.43. The third kappa shape index (κ3) is 2.88. The highest BCUT2D eigenvalue weighted by Crippen LogP contribution is 2.20. The third-order valence-electron chi connectivity index (χ3n) is 3.46. The number of hydrogen-bond donors (Lipinski definition) is 1. The monoisotopic (exact) mass is 346 g/mol. The van der Waals surface area contributed by atoms with Gasteiger partial charge in [-0.05, 0) is 46.1 Å². The molecule has 1 N–H and O–H groups in total. The van der Waals surface area contributed by atoms with Crippen LogP contribution in [0.25, 0.3) is 10.9 Å². The molecule has 0 spiro atoms. The van der Waals surface area contributed by atoms with E-state index in [4.69, 9.17) is 4.42 Å². The second-order valence-corrected chi connectivity index (χ2v) is 5.67. The maximum absolute atomic E-state index is 11.9. The zero-order valence-electron chi connectivity index (χ0n) is 11.6. The molecule has 0 aliphatic rings. The first-order valence-electron chi connectivity index (χ1n) is 6.71. The average molecular weight is 347 g/mol. The summed E-state index contributed by atoms with van der Waals surface area (Å²) in [5.74, 6) is 0.126. The van der Waals surface area contributed by atoms with Gasteiger partial charge in [-0.15, -0.1) is 0 Å². The quantitative estimate of drug-likeness (QED) is 0.785. The van der Waals surface area contributed by atoms with Gasteiger partial charge in [-0.25, -0.2) is 0 Å². The molecule has 1 aromatic carbocycles. The molecule has 0 aliphatic heterocycles. The fourth-order valence-electron chi connectivity index (χ4n) is 2.46. The zero-order chi connectivity index (χ0) is 14.8. The summed E-state index contributed by atoms with van der Waals surface area (Å²) in [6.07, 6.45) is 2.90. The van der Waals surface area contributed by atoms with Gasteiger partial charge in [-0.1, -0.05) is 18.2 Å². The van der Waals surface area contributed by atoms with E-state index in [2.05, 4.69) is 44.1 Å². The molecule has 108 valence electrons. The first-order valence-corrected chi connectivity index (χ1v) is 7.51. The molecule has 0 fully saturated rings. The number of nitrogens with zero attached hydrogens (tertiary/aromatic N) is 1. The molecule has 3 rings (SSSR count). The van der Waals surface area contributed by atoms with E-state index in [1.54, 1.807) is 12.1 Å². The Hall–Kier alpha value is -2.01. The van der Waals surface area contributed by atoms with Crippen LogP contribution in [0.3, 0.4) is 0 Å². The fourth-order valence-corrected chi connectivity index (χ4v) is 2.77. The second kappa shape index (κ2) is 5.77. The molecule has 0 atom stereocenters. The number of aryl methyl sites for hydroxylation is 1. The summed E-state index contributed by atoms with van der Waals surface area (Å²) in [7, 11) is 2.03. The van der Waals surface area contributed by atoms with Crippen molar-refractivity contribution in [1.82, 2.24) is 9.88 Å². The van der Waals surface area contributed by atoms with E-state index in [9.17, 15) is 4.79 Å². The van der Waals surface area contributed by atoms with Gasteiger partial charge in [-0.3, -0.25) is 4.79 Å². The molecule has 5 heteroatoms. The van der Waals surface area contributed by atoms with Crippen LogP contribution in [0, 0.1) is 0 Å². The highest BCUT2D eigenvalue weighted by Gasteiger charge is 2.10. The Kier molecular flexibility index (Phi) is 3.84. The van der Waals surface area contributed by atoms with Crippen LogP contribution in [0.4, 0.5) is 0 Å². The SMILES string of the molecule is Cn1cc(CCNC(=O)c2ccc(Br)o2)c2ccccc21. The molecule has 4 nitrogen and oxygen atoms in total. The Morgan fingerprint density at radius 3 is 2.86 bits per heavy atom. The van der Waals surface area contributed by atoms with Gasteiger partial charge in [0.15, 0.2) is 10.4 Å². The molecule has 0 saturated heterocycles. The summed E-state index contributed by atoms with van der Waals surface area (Å²) < 4.78 is 7.89. The van der Waals surface area contributed by atoms with E-state index >= 15 is 0 Å². The summed E-state index contributed by atoms with van der Waals surface area (Å²) >= 11 is 3.19. The van der Waals surface area contributed by atoms with Gasteiger partial charge >= 0.3 is 0 Å². The Bertz CT molecular complexity index is 789. The highest BCUT2D eigenvalue weighted by molar-refractivity contribution is 9.10. The number of benzene rings is 1. The van der Waals surface area contributed by atoms with Gasteiger partial charge in [0.1, 0.15) is 0 Å². The maximum Gasteiger partial charge on any atom is 0.287 e. The van der Waals surface area contributed by atoms with Crippen molar-refractivity contribution in [3.8, 4) is 0 Å². The van der Waals surface area contributed by atoms with E-state index in [0.29, 0.717) is 17.0 Å². The van der Waals surface area contributed by atoms with Crippen LogP contribution in [0.5, 0.6) is 0 Å². The largest absolute Gasteiger partial charge is 0.444 e. The Balaban J connectivity index is 1.66. The molecule has 0 radical (unpaired) electrons. The van der Waals surface area contributed by atoms with Crippen LogP contribution < -0.4 is 5.32 Å². The number of para-hydroxylation sites is 1. The minimum absolute atomic E-state index is 0.194. The van der Waals surface area contributed by atoms with Gasteiger partial charge < -0.3 is 14.3 Å². The Morgan fingerprint density at radius 1 is 1.29 bits per heavy atom. The predicted molar refractivity (Wildman–Crippen MR) is 85.4 cm³/mol. The standard InChI is InChI=1S/C16H15BrN2O2/c1-19-10-11(12-4-2-3-5-13(12)19)8-9-18-16(20)14-6-7-15(17)21-14/h2-7,10H,8-9H2,1H3,(H,18,20). The number of furan rings is 1. The van der Waals surface area contributed by atoms with Crippen LogP contribution in [-0.4, -0.2) is 17.0 Å². The predicted octanol–water partition coefficient (Wildman–Crippen LogP) is 3.51. The molecule has 0 aliphatic carbocycles. The fraction of sp³-hybridized carbons (Fsp3) is 0.188. The van der Waals surface area contributed by atoms with Crippen molar-refractivity contribution >= 4 is 32.7 Å². The van der Waals surface area contributed by atoms with Crippen molar-refractivity contribution in [2.75, 3.05) is 6.54 Å². The molecule has 2 heterocycles. The van der Waals surface area contributed by atoms with Gasteiger partial charge in [0.05, 0.1) is 0 Å². The number of halogens is 1. The van der Waals surface area contributed by atoms with Crippen LogP contribution in [-0.2, 0) is 13.5 Å². The third-order valence-corrected chi connectivity index (χ3v) is 3.88. The van der Waals surface area contributed by atoms with Crippen LogP contribution >= 0.6 is 15.9 Å². The molecule has 0 unspecified atom stereocenters. The van der Waals surface area contributed by atoms with E-state index < -0.39 is 0 Å². The topological polar surface area (TPSA) is 47.2 Å². The molecule has 3 aromatic rings. The van der Waals surface area contributed by atoms with E-state index in [-0.39, 0.29) is 5.91 Å². The lowest BCUT2D eigenvalue weighted by Crippen LogP contribution is -2.25. The summed E-state index contributed by atoms with van der Waals surface area (Å²) in [4.78, 5) is 11.9. The molecular formula is C16H15BrN2O2. The minimum atomic E-state index is -0.194. The number of amides is 1. The summed E-state index contributed by atoms with van der Waals surface area (Å²) in [6, 6.07) is 11.6. The van der Waals surface area contributed by atoms with Gasteiger partial charge in [0, 0.05) is 30.7 Å². The van der Waals surface area contributed by atoms with Crippen LogP contribution in [0.2, 0.25) is 0 Å². The normalized spacial score (nSPS) is 11.0. The molecule has 0 bridgehead atoms. The number of fused-ring (bicyclic) bond motifs is 1. The van der Waals surface area contributed by atoms with E-state index in [0.717, 1.165) is 6.42 Å². The Morgan fingerprint density at radius 2 is 2.10 bits per heavy atom. The number of carbonyl (C=O) groups is 1. The number of carbonyl (C=O) groups excluding carboxylic acids is 1.